The Kier molecular flexibility index (Phi) is 11.6. The lowest BCUT2D eigenvalue weighted by atomic mass is 9.77. The minimum Gasteiger partial charge on any atom is -0.310 e. The minimum atomic E-state index is -0.125. The monoisotopic (exact) mass is 890 g/mol. The van der Waals surface area contributed by atoms with E-state index in [1.54, 1.807) is 0 Å². The average molecular weight is 890 g/mol. The third kappa shape index (κ3) is 9.13. The van der Waals surface area contributed by atoms with Gasteiger partial charge in [0, 0.05) is 22.5 Å². The van der Waals surface area contributed by atoms with Crippen molar-refractivity contribution in [1.29, 1.82) is 0 Å². The molecule has 0 unspecified atom stereocenters. The molecule has 0 spiro atoms. The first-order valence-corrected chi connectivity index (χ1v) is 24.7. The van der Waals surface area contributed by atoms with Gasteiger partial charge in [0.25, 0.3) is 0 Å². The minimum absolute atomic E-state index is 0.0220. The standard InChI is InChI=1S/C67H71N/c1-63(2,3)52-34-47(32-48(35-52)49-33-50(37-53(36-49)64(4,5)6)51-38-54(65(7,8)9)42-55(39-51)66(10,11)12)46-25-21-27-57(41-46)68(56-26-20-24-45(40-56)44-22-16-15-17-23-44)58-30-31-60-59-28-18-19-29-61(59)67(13,14)62(60)43-58/h15-43H,1-14H3. The van der Waals surface area contributed by atoms with Crippen molar-refractivity contribution in [2.75, 3.05) is 4.90 Å². The highest BCUT2D eigenvalue weighted by atomic mass is 15.1. The van der Waals surface area contributed by atoms with Crippen molar-refractivity contribution in [2.24, 2.45) is 0 Å². The van der Waals surface area contributed by atoms with Gasteiger partial charge in [-0.05, 0) is 159 Å². The predicted octanol–water partition coefficient (Wildman–Crippen LogP) is 19.3. The van der Waals surface area contributed by atoms with E-state index < -0.39 is 0 Å². The number of hydrogen-bond acceptors (Lipinski definition) is 1. The molecule has 0 amide bonds. The van der Waals surface area contributed by atoms with Crippen LogP contribution in [0.2, 0.25) is 0 Å². The summed E-state index contributed by atoms with van der Waals surface area (Å²) in [6.45, 7) is 32.8. The SMILES string of the molecule is CC(C)(C)c1cc(-c2cccc(N(c3cccc(-c4ccccc4)c3)c3ccc4c(c3)C(C)(C)c3ccccc3-4)c2)cc(-c2cc(-c3cc(C(C)(C)C)cc(C(C)(C)C)c3)cc(C(C)(C)C)c2)c1. The molecule has 0 aromatic heterocycles. The zero-order chi connectivity index (χ0) is 48.6. The van der Waals surface area contributed by atoms with Gasteiger partial charge in [-0.1, -0.05) is 224 Å². The topological polar surface area (TPSA) is 3.24 Å². The molecule has 1 aliphatic rings. The maximum atomic E-state index is 2.46. The van der Waals surface area contributed by atoms with Gasteiger partial charge in [0.15, 0.2) is 0 Å². The normalized spacial score (nSPS) is 13.6. The van der Waals surface area contributed by atoms with Crippen LogP contribution in [0.4, 0.5) is 17.1 Å². The van der Waals surface area contributed by atoms with Crippen LogP contribution < -0.4 is 4.90 Å². The summed E-state index contributed by atoms with van der Waals surface area (Å²) in [5.41, 5.74) is 23.8. The zero-order valence-electron chi connectivity index (χ0n) is 43.2. The van der Waals surface area contributed by atoms with E-state index in [-0.39, 0.29) is 27.1 Å². The van der Waals surface area contributed by atoms with Gasteiger partial charge in [0.05, 0.1) is 0 Å². The maximum absolute atomic E-state index is 2.46. The highest BCUT2D eigenvalue weighted by molar-refractivity contribution is 5.88. The second kappa shape index (κ2) is 17.0. The first-order valence-electron chi connectivity index (χ1n) is 24.7. The van der Waals surface area contributed by atoms with E-state index in [0.29, 0.717) is 0 Å². The largest absolute Gasteiger partial charge is 0.310 e. The summed E-state index contributed by atoms with van der Waals surface area (Å²) in [5, 5.41) is 0. The first-order chi connectivity index (χ1) is 31.9. The van der Waals surface area contributed by atoms with Gasteiger partial charge < -0.3 is 4.90 Å². The highest BCUT2D eigenvalue weighted by Crippen LogP contribution is 2.51. The number of rotatable bonds is 7. The van der Waals surface area contributed by atoms with Crippen LogP contribution in [0, 0.1) is 0 Å². The van der Waals surface area contributed by atoms with Gasteiger partial charge >= 0.3 is 0 Å². The molecule has 8 aromatic carbocycles. The molecule has 0 heterocycles. The number of nitrogens with zero attached hydrogens (tertiary/aromatic N) is 1. The Balaban J connectivity index is 1.22. The fourth-order valence-corrected chi connectivity index (χ4v) is 10.0. The molecular weight excluding hydrogens is 819 g/mol. The smallest absolute Gasteiger partial charge is 0.0467 e. The fourth-order valence-electron chi connectivity index (χ4n) is 10.0. The van der Waals surface area contributed by atoms with Crippen molar-refractivity contribution in [3.63, 3.8) is 0 Å². The molecule has 9 rings (SSSR count). The molecule has 1 aliphatic carbocycles. The summed E-state index contributed by atoms with van der Waals surface area (Å²) in [6, 6.07) is 66.9. The molecule has 0 saturated heterocycles. The van der Waals surface area contributed by atoms with Crippen molar-refractivity contribution >= 4 is 17.1 Å². The lowest BCUT2D eigenvalue weighted by molar-refractivity contribution is 0.569. The van der Waals surface area contributed by atoms with Crippen LogP contribution in [-0.2, 0) is 27.1 Å². The second-order valence-electron chi connectivity index (χ2n) is 24.1. The van der Waals surface area contributed by atoms with Crippen LogP contribution in [0.3, 0.4) is 0 Å². The van der Waals surface area contributed by atoms with E-state index in [1.807, 2.05) is 0 Å². The molecular formula is C67H71N. The summed E-state index contributed by atoms with van der Waals surface area (Å²) in [4.78, 5) is 2.46. The van der Waals surface area contributed by atoms with Gasteiger partial charge in [0.2, 0.25) is 0 Å². The quantitative estimate of drug-likeness (QED) is 0.154. The van der Waals surface area contributed by atoms with E-state index in [2.05, 4.69) is 278 Å². The van der Waals surface area contributed by atoms with E-state index in [0.717, 1.165) is 17.1 Å². The molecule has 1 nitrogen and oxygen atoms in total. The van der Waals surface area contributed by atoms with E-state index >= 15 is 0 Å². The summed E-state index contributed by atoms with van der Waals surface area (Å²) < 4.78 is 0. The second-order valence-corrected chi connectivity index (χ2v) is 24.1. The molecule has 0 atom stereocenters. The number of hydrogen-bond donors (Lipinski definition) is 0. The van der Waals surface area contributed by atoms with Crippen LogP contribution in [0.15, 0.2) is 176 Å². The Morgan fingerprint density at radius 1 is 0.279 bits per heavy atom. The molecule has 68 heavy (non-hydrogen) atoms. The molecule has 0 bridgehead atoms. The number of benzene rings is 8. The summed E-state index contributed by atoms with van der Waals surface area (Å²) >= 11 is 0. The Morgan fingerprint density at radius 2 is 0.647 bits per heavy atom. The lowest BCUT2D eigenvalue weighted by Crippen LogP contribution is -2.16. The first kappa shape index (κ1) is 46.7. The highest BCUT2D eigenvalue weighted by Gasteiger charge is 2.36. The van der Waals surface area contributed by atoms with Crippen LogP contribution in [-0.4, -0.2) is 0 Å². The Labute approximate surface area is 409 Å². The fraction of sp³-hybridized carbons (Fsp3) is 0.284. The Morgan fingerprint density at radius 3 is 1.13 bits per heavy atom. The number of anilines is 3. The molecule has 8 aromatic rings. The third-order valence-corrected chi connectivity index (χ3v) is 14.4. The van der Waals surface area contributed by atoms with Crippen molar-refractivity contribution in [3.8, 4) is 55.6 Å². The van der Waals surface area contributed by atoms with E-state index in [4.69, 9.17) is 0 Å². The average Bonchev–Trinajstić information content (AvgIpc) is 3.53. The third-order valence-electron chi connectivity index (χ3n) is 14.4. The molecule has 0 aliphatic heterocycles. The zero-order valence-corrected chi connectivity index (χ0v) is 43.2. The summed E-state index contributed by atoms with van der Waals surface area (Å²) in [5.74, 6) is 0. The van der Waals surface area contributed by atoms with Crippen LogP contribution in [0.5, 0.6) is 0 Å². The van der Waals surface area contributed by atoms with Crippen molar-refractivity contribution < 1.29 is 0 Å². The number of fused-ring (bicyclic) bond motifs is 3. The lowest BCUT2D eigenvalue weighted by Gasteiger charge is -2.29. The summed E-state index contributed by atoms with van der Waals surface area (Å²) in [7, 11) is 0. The Bertz CT molecular complexity index is 3130. The van der Waals surface area contributed by atoms with Crippen LogP contribution >= 0.6 is 0 Å². The van der Waals surface area contributed by atoms with Crippen molar-refractivity contribution in [1.82, 2.24) is 0 Å². The van der Waals surface area contributed by atoms with Gasteiger partial charge in [-0.2, -0.15) is 0 Å². The Hall–Kier alpha value is -6.44. The van der Waals surface area contributed by atoms with Crippen LogP contribution in [0.1, 0.15) is 130 Å². The summed E-state index contributed by atoms with van der Waals surface area (Å²) in [6.07, 6.45) is 0. The molecule has 0 N–H and O–H groups in total. The van der Waals surface area contributed by atoms with Gasteiger partial charge in [-0.15, -0.1) is 0 Å². The predicted molar refractivity (Wildman–Crippen MR) is 295 cm³/mol. The van der Waals surface area contributed by atoms with Gasteiger partial charge in [0.1, 0.15) is 0 Å². The van der Waals surface area contributed by atoms with E-state index in [1.165, 1.54) is 89.0 Å². The molecule has 0 fully saturated rings. The van der Waals surface area contributed by atoms with E-state index in [9.17, 15) is 0 Å². The van der Waals surface area contributed by atoms with Gasteiger partial charge in [-0.3, -0.25) is 0 Å². The maximum Gasteiger partial charge on any atom is 0.0467 e. The molecule has 0 saturated carbocycles. The van der Waals surface area contributed by atoms with Crippen molar-refractivity contribution in [3.05, 3.63) is 209 Å². The van der Waals surface area contributed by atoms with Gasteiger partial charge in [-0.25, -0.2) is 0 Å². The molecule has 1 heteroatoms. The molecule has 0 radical (unpaired) electrons. The van der Waals surface area contributed by atoms with Crippen LogP contribution in [0.25, 0.3) is 55.6 Å². The van der Waals surface area contributed by atoms with Crippen molar-refractivity contribution in [2.45, 2.75) is 124 Å². The molecule has 344 valence electrons.